The smallest absolute Gasteiger partial charge is 0.235 e. The van der Waals surface area contributed by atoms with Crippen LogP contribution in [0, 0.1) is 13.8 Å². The Hall–Kier alpha value is -1.30. The minimum atomic E-state index is -4.50. The molecule has 0 aliphatic rings. The maximum absolute atomic E-state index is 12.7. The van der Waals surface area contributed by atoms with Crippen LogP contribution in [0.2, 0.25) is 5.02 Å². The first kappa shape index (κ1) is 11.2. The van der Waals surface area contributed by atoms with E-state index < -0.39 is 11.7 Å². The van der Waals surface area contributed by atoms with Gasteiger partial charge in [0.25, 0.3) is 0 Å². The number of nitrogens with zero attached hydrogens (tertiary/aromatic N) is 3. The lowest BCUT2D eigenvalue weighted by atomic mass is 10.2. The van der Waals surface area contributed by atoms with Gasteiger partial charge < -0.3 is 0 Å². The minimum Gasteiger partial charge on any atom is -0.235 e. The molecular weight excluding hydrogens is 243 g/mol. The number of alkyl halides is 3. The Bertz CT molecular complexity index is 559. The number of fused-ring (bicyclic) bond motifs is 1. The molecule has 7 heteroatoms. The summed E-state index contributed by atoms with van der Waals surface area (Å²) in [6.07, 6.45) is -3.36. The van der Waals surface area contributed by atoms with Gasteiger partial charge in [-0.1, -0.05) is 11.6 Å². The zero-order chi connectivity index (χ0) is 12.1. The van der Waals surface area contributed by atoms with Crippen LogP contribution >= 0.6 is 11.6 Å². The summed E-state index contributed by atoms with van der Waals surface area (Å²) in [4.78, 5) is 3.90. The molecule has 2 aromatic heterocycles. The highest BCUT2D eigenvalue weighted by atomic mass is 35.5. The molecule has 0 amide bonds. The molecule has 0 N–H and O–H groups in total. The minimum absolute atomic E-state index is 0.0944. The van der Waals surface area contributed by atoms with Crippen LogP contribution in [0.25, 0.3) is 5.52 Å². The highest BCUT2D eigenvalue weighted by molar-refractivity contribution is 6.32. The third kappa shape index (κ3) is 1.63. The zero-order valence-corrected chi connectivity index (χ0v) is 9.19. The lowest BCUT2D eigenvalue weighted by molar-refractivity contribution is -0.136. The van der Waals surface area contributed by atoms with Crippen molar-refractivity contribution in [2.24, 2.45) is 0 Å². The fraction of sp³-hybridized carbons (Fsp3) is 0.333. The maximum Gasteiger partial charge on any atom is 0.420 e. The molecular formula is C9H7ClF3N3. The second kappa shape index (κ2) is 3.35. The van der Waals surface area contributed by atoms with Crippen LogP contribution in [0.15, 0.2) is 6.20 Å². The van der Waals surface area contributed by atoms with Gasteiger partial charge in [-0.25, -0.2) is 9.50 Å². The molecule has 86 valence electrons. The van der Waals surface area contributed by atoms with E-state index in [0.717, 1.165) is 10.7 Å². The molecule has 2 rings (SSSR count). The standard InChI is InChI=1S/C9H7ClF3N3/c1-4-8-7(9(11,12)13)6(10)3-16(8)15-5(2)14-4/h3H,1-2H3. The molecule has 2 aromatic rings. The van der Waals surface area contributed by atoms with E-state index in [1.807, 2.05) is 0 Å². The molecule has 0 aliphatic heterocycles. The second-order valence-corrected chi connectivity index (χ2v) is 3.79. The van der Waals surface area contributed by atoms with Crippen LogP contribution in [-0.4, -0.2) is 14.6 Å². The van der Waals surface area contributed by atoms with Crippen LogP contribution < -0.4 is 0 Å². The van der Waals surface area contributed by atoms with Crippen molar-refractivity contribution in [3.05, 3.63) is 28.3 Å². The molecule has 0 fully saturated rings. The van der Waals surface area contributed by atoms with Crippen LogP contribution in [0.4, 0.5) is 13.2 Å². The van der Waals surface area contributed by atoms with Crippen molar-refractivity contribution in [2.45, 2.75) is 20.0 Å². The van der Waals surface area contributed by atoms with Crippen molar-refractivity contribution in [1.29, 1.82) is 0 Å². The molecule has 0 radical (unpaired) electrons. The molecule has 0 saturated heterocycles. The van der Waals surface area contributed by atoms with Crippen molar-refractivity contribution >= 4 is 17.1 Å². The summed E-state index contributed by atoms with van der Waals surface area (Å²) in [5.74, 6) is 0.394. The van der Waals surface area contributed by atoms with Crippen molar-refractivity contribution in [1.82, 2.24) is 14.6 Å². The van der Waals surface area contributed by atoms with E-state index in [1.54, 1.807) is 6.92 Å². The lowest BCUT2D eigenvalue weighted by Gasteiger charge is -2.07. The van der Waals surface area contributed by atoms with Crippen molar-refractivity contribution in [2.75, 3.05) is 0 Å². The Balaban J connectivity index is 2.90. The van der Waals surface area contributed by atoms with Gasteiger partial charge in [-0.15, -0.1) is 0 Å². The summed E-state index contributed by atoms with van der Waals surface area (Å²) in [6.45, 7) is 3.10. The van der Waals surface area contributed by atoms with Gasteiger partial charge in [0.15, 0.2) is 0 Å². The highest BCUT2D eigenvalue weighted by Gasteiger charge is 2.37. The summed E-state index contributed by atoms with van der Waals surface area (Å²) in [5, 5.41) is 3.49. The quantitative estimate of drug-likeness (QED) is 0.718. The maximum atomic E-state index is 12.7. The average molecular weight is 250 g/mol. The summed E-state index contributed by atoms with van der Waals surface area (Å²) < 4.78 is 39.3. The van der Waals surface area contributed by atoms with Crippen LogP contribution in [-0.2, 0) is 6.18 Å². The molecule has 0 spiro atoms. The van der Waals surface area contributed by atoms with Crippen LogP contribution in [0.1, 0.15) is 17.1 Å². The summed E-state index contributed by atoms with van der Waals surface area (Å²) in [6, 6.07) is 0. The lowest BCUT2D eigenvalue weighted by Crippen LogP contribution is -2.08. The van der Waals surface area contributed by atoms with Gasteiger partial charge in [0, 0.05) is 6.20 Å². The van der Waals surface area contributed by atoms with Gasteiger partial charge in [-0.2, -0.15) is 18.3 Å². The molecule has 0 atom stereocenters. The zero-order valence-electron chi connectivity index (χ0n) is 8.43. The summed E-state index contributed by atoms with van der Waals surface area (Å²) >= 11 is 5.57. The van der Waals surface area contributed by atoms with Crippen molar-refractivity contribution in [3.63, 3.8) is 0 Å². The first-order chi connectivity index (χ1) is 7.30. The number of hydrogen-bond acceptors (Lipinski definition) is 2. The van der Waals surface area contributed by atoms with E-state index in [4.69, 9.17) is 11.6 Å². The Kier molecular flexibility index (Phi) is 2.34. The van der Waals surface area contributed by atoms with Gasteiger partial charge in [0.1, 0.15) is 11.4 Å². The van der Waals surface area contributed by atoms with E-state index in [-0.39, 0.29) is 16.2 Å². The molecule has 0 aliphatic carbocycles. The molecule has 3 nitrogen and oxygen atoms in total. The van der Waals surface area contributed by atoms with E-state index in [0.29, 0.717) is 5.82 Å². The SMILES string of the molecule is Cc1nc(C)c2c(C(F)(F)F)c(Cl)cn2n1. The number of aryl methyl sites for hydroxylation is 2. The third-order valence-electron chi connectivity index (χ3n) is 2.15. The first-order valence-electron chi connectivity index (χ1n) is 4.40. The normalized spacial score (nSPS) is 12.4. The van der Waals surface area contributed by atoms with Crippen molar-refractivity contribution < 1.29 is 13.2 Å². The predicted octanol–water partition coefficient (Wildman–Crippen LogP) is 3.02. The molecule has 0 bridgehead atoms. The average Bonchev–Trinajstić information content (AvgIpc) is 2.39. The fourth-order valence-electron chi connectivity index (χ4n) is 1.63. The predicted molar refractivity (Wildman–Crippen MR) is 52.5 cm³/mol. The van der Waals surface area contributed by atoms with Crippen LogP contribution in [0.5, 0.6) is 0 Å². The Morgan fingerprint density at radius 3 is 2.50 bits per heavy atom. The summed E-state index contributed by atoms with van der Waals surface area (Å²) in [7, 11) is 0. The Morgan fingerprint density at radius 2 is 1.94 bits per heavy atom. The van der Waals surface area contributed by atoms with E-state index in [2.05, 4.69) is 10.1 Å². The number of aromatic nitrogens is 3. The third-order valence-corrected chi connectivity index (χ3v) is 2.44. The topological polar surface area (TPSA) is 30.2 Å². The molecule has 16 heavy (non-hydrogen) atoms. The van der Waals surface area contributed by atoms with Gasteiger partial charge in [0.05, 0.1) is 16.2 Å². The Morgan fingerprint density at radius 1 is 1.31 bits per heavy atom. The molecule has 0 unspecified atom stereocenters. The fourth-order valence-corrected chi connectivity index (χ4v) is 1.92. The number of rotatable bonds is 0. The van der Waals surface area contributed by atoms with Gasteiger partial charge in [-0.05, 0) is 13.8 Å². The number of halogens is 4. The van der Waals surface area contributed by atoms with Gasteiger partial charge >= 0.3 is 6.18 Å². The Labute approximate surface area is 93.9 Å². The first-order valence-corrected chi connectivity index (χ1v) is 4.78. The van der Waals surface area contributed by atoms with E-state index in [9.17, 15) is 13.2 Å². The summed E-state index contributed by atoms with van der Waals surface area (Å²) in [5.41, 5.74) is -0.721. The van der Waals surface area contributed by atoms with Gasteiger partial charge in [0.2, 0.25) is 0 Å². The second-order valence-electron chi connectivity index (χ2n) is 3.39. The van der Waals surface area contributed by atoms with Gasteiger partial charge in [-0.3, -0.25) is 0 Å². The highest BCUT2D eigenvalue weighted by Crippen LogP contribution is 2.39. The van der Waals surface area contributed by atoms with E-state index >= 15 is 0 Å². The molecule has 2 heterocycles. The van der Waals surface area contributed by atoms with Crippen molar-refractivity contribution in [3.8, 4) is 0 Å². The molecule has 0 aromatic carbocycles. The largest absolute Gasteiger partial charge is 0.420 e. The molecule has 0 saturated carbocycles. The van der Waals surface area contributed by atoms with Crippen LogP contribution in [0.3, 0.4) is 0 Å². The monoisotopic (exact) mass is 249 g/mol. The number of hydrogen-bond donors (Lipinski definition) is 0. The van der Waals surface area contributed by atoms with E-state index in [1.165, 1.54) is 6.92 Å².